The molecule has 0 radical (unpaired) electrons. The van der Waals surface area contributed by atoms with Crippen molar-refractivity contribution < 1.29 is 38.1 Å². The first-order chi connectivity index (χ1) is 11.6. The summed E-state index contributed by atoms with van der Waals surface area (Å²) in [6.07, 6.45) is -4.63. The predicted molar refractivity (Wildman–Crippen MR) is 79.6 cm³/mol. The minimum atomic E-state index is -1.21. The fraction of sp³-hybridized carbons (Fsp3) is 0.667. The first-order valence-corrected chi connectivity index (χ1v) is 7.45. The molecule has 10 nitrogen and oxygen atoms in total. The number of nitriles is 1. The molecule has 5 atom stereocenters. The molecule has 0 saturated carbocycles. The van der Waals surface area contributed by atoms with Crippen LogP contribution in [0.4, 0.5) is 0 Å². The van der Waals surface area contributed by atoms with Crippen molar-refractivity contribution in [3.8, 4) is 6.07 Å². The van der Waals surface area contributed by atoms with Crippen LogP contribution in [-0.2, 0) is 38.1 Å². The van der Waals surface area contributed by atoms with Gasteiger partial charge in [-0.15, -0.1) is 0 Å². The third-order valence-corrected chi connectivity index (χ3v) is 3.24. The van der Waals surface area contributed by atoms with Gasteiger partial charge in [-0.1, -0.05) is 0 Å². The van der Waals surface area contributed by atoms with Crippen LogP contribution < -0.4 is 5.32 Å². The number of esters is 3. The maximum absolute atomic E-state index is 11.5. The molecular formula is C15H20N2O8. The van der Waals surface area contributed by atoms with Crippen LogP contribution in [0.3, 0.4) is 0 Å². The number of rotatable bonds is 5. The van der Waals surface area contributed by atoms with Crippen LogP contribution in [0.1, 0.15) is 27.7 Å². The molecule has 1 heterocycles. The van der Waals surface area contributed by atoms with Crippen LogP contribution >= 0.6 is 0 Å². The van der Waals surface area contributed by atoms with Crippen molar-refractivity contribution in [2.24, 2.45) is 0 Å². The van der Waals surface area contributed by atoms with E-state index < -0.39 is 54.3 Å². The maximum Gasteiger partial charge on any atom is 0.303 e. The van der Waals surface area contributed by atoms with Gasteiger partial charge in [0.15, 0.2) is 18.3 Å². The van der Waals surface area contributed by atoms with Crippen LogP contribution in [0.25, 0.3) is 0 Å². The second-order valence-corrected chi connectivity index (χ2v) is 5.40. The van der Waals surface area contributed by atoms with Gasteiger partial charge >= 0.3 is 17.9 Å². The molecule has 0 aromatic rings. The lowest BCUT2D eigenvalue weighted by Crippen LogP contribution is -2.65. The van der Waals surface area contributed by atoms with Gasteiger partial charge in [0.2, 0.25) is 5.91 Å². The molecule has 1 aliphatic rings. The molecule has 1 saturated heterocycles. The molecule has 138 valence electrons. The maximum atomic E-state index is 11.5. The summed E-state index contributed by atoms with van der Waals surface area (Å²) in [7, 11) is 0. The van der Waals surface area contributed by atoms with E-state index in [9.17, 15) is 24.4 Å². The fourth-order valence-corrected chi connectivity index (χ4v) is 2.44. The van der Waals surface area contributed by atoms with E-state index in [1.54, 1.807) is 0 Å². The topological polar surface area (TPSA) is 141 Å². The van der Waals surface area contributed by atoms with Gasteiger partial charge in [-0.3, -0.25) is 19.2 Å². The van der Waals surface area contributed by atoms with Gasteiger partial charge in [-0.05, 0) is 0 Å². The Hall–Kier alpha value is -2.67. The van der Waals surface area contributed by atoms with E-state index in [0.29, 0.717) is 0 Å². The summed E-state index contributed by atoms with van der Waals surface area (Å²) in [5.74, 6) is -2.50. The normalized spacial score (nSPS) is 28.2. The van der Waals surface area contributed by atoms with E-state index >= 15 is 0 Å². The zero-order valence-electron chi connectivity index (χ0n) is 14.3. The second kappa shape index (κ2) is 8.98. The van der Waals surface area contributed by atoms with Crippen LogP contribution in [0.15, 0.2) is 0 Å². The number of nitrogens with zero attached hydrogens (tertiary/aromatic N) is 1. The molecule has 0 aromatic heterocycles. The number of hydrogen-bond donors (Lipinski definition) is 1. The summed E-state index contributed by atoms with van der Waals surface area (Å²) in [6.45, 7) is 4.33. The quantitative estimate of drug-likeness (QED) is 0.495. The Morgan fingerprint density at radius 2 is 1.56 bits per heavy atom. The van der Waals surface area contributed by atoms with E-state index in [0.717, 1.165) is 13.8 Å². The molecule has 25 heavy (non-hydrogen) atoms. The highest BCUT2D eigenvalue weighted by Gasteiger charge is 2.50. The number of carbonyl (C=O) groups is 4. The molecule has 10 heteroatoms. The zero-order valence-corrected chi connectivity index (χ0v) is 14.3. The summed E-state index contributed by atoms with van der Waals surface area (Å²) in [5, 5.41) is 11.8. The van der Waals surface area contributed by atoms with Crippen molar-refractivity contribution in [3.63, 3.8) is 0 Å². The van der Waals surface area contributed by atoms with Crippen LogP contribution in [0.5, 0.6) is 0 Å². The summed E-state index contributed by atoms with van der Waals surface area (Å²) in [5.41, 5.74) is 0. The molecule has 0 aliphatic carbocycles. The van der Waals surface area contributed by atoms with Gasteiger partial charge in [-0.25, -0.2) is 0 Å². The van der Waals surface area contributed by atoms with E-state index in [2.05, 4.69) is 5.32 Å². The van der Waals surface area contributed by atoms with E-state index in [1.807, 2.05) is 6.07 Å². The Morgan fingerprint density at radius 1 is 1.00 bits per heavy atom. The lowest BCUT2D eigenvalue weighted by Gasteiger charge is -2.43. The third kappa shape index (κ3) is 6.04. The highest BCUT2D eigenvalue weighted by atomic mass is 16.6. The lowest BCUT2D eigenvalue weighted by molar-refractivity contribution is -0.216. The van der Waals surface area contributed by atoms with Crippen LogP contribution in [0, 0.1) is 11.3 Å². The monoisotopic (exact) mass is 356 g/mol. The standard InChI is InChI=1S/C15H20N2O8/c1-7(18)17-13-11(5-16)25-12(6-22-8(2)19)14(23-9(3)20)15(13)24-10(4)21/h11-15H,6H2,1-4H3,(H,17,18). The van der Waals surface area contributed by atoms with Crippen molar-refractivity contribution in [2.75, 3.05) is 6.61 Å². The predicted octanol–water partition coefficient (Wildman–Crippen LogP) is -0.791. The van der Waals surface area contributed by atoms with Crippen LogP contribution in [-0.4, -0.2) is 60.9 Å². The Morgan fingerprint density at radius 3 is 2.00 bits per heavy atom. The Kier molecular flexibility index (Phi) is 7.32. The molecule has 1 rings (SSSR count). The zero-order chi connectivity index (χ0) is 19.1. The number of hydrogen-bond acceptors (Lipinski definition) is 9. The largest absolute Gasteiger partial charge is 0.463 e. The molecular weight excluding hydrogens is 336 g/mol. The third-order valence-electron chi connectivity index (χ3n) is 3.24. The number of nitrogens with one attached hydrogen (secondary N) is 1. The van der Waals surface area contributed by atoms with Gasteiger partial charge in [0.1, 0.15) is 18.8 Å². The van der Waals surface area contributed by atoms with E-state index in [-0.39, 0.29) is 6.61 Å². The smallest absolute Gasteiger partial charge is 0.303 e. The van der Waals surface area contributed by atoms with Crippen molar-refractivity contribution in [3.05, 3.63) is 0 Å². The summed E-state index contributed by atoms with van der Waals surface area (Å²) >= 11 is 0. The van der Waals surface area contributed by atoms with Gasteiger partial charge in [-0.2, -0.15) is 5.26 Å². The van der Waals surface area contributed by atoms with Crippen molar-refractivity contribution in [1.82, 2.24) is 5.32 Å². The molecule has 0 aromatic carbocycles. The second-order valence-electron chi connectivity index (χ2n) is 5.40. The van der Waals surface area contributed by atoms with Crippen molar-refractivity contribution >= 4 is 23.8 Å². The first kappa shape index (κ1) is 20.4. The fourth-order valence-electron chi connectivity index (χ4n) is 2.44. The molecule has 1 aliphatic heterocycles. The average Bonchev–Trinajstić information content (AvgIpc) is 2.48. The SMILES string of the molecule is CC(=O)NC1C(C#N)OC(COC(C)=O)C(OC(C)=O)C1OC(C)=O. The van der Waals surface area contributed by atoms with Gasteiger partial charge in [0.05, 0.1) is 6.07 Å². The summed E-state index contributed by atoms with van der Waals surface area (Å²) in [6, 6.07) is 0.779. The molecule has 1 amide bonds. The molecule has 1 fully saturated rings. The number of ether oxygens (including phenoxy) is 4. The average molecular weight is 356 g/mol. The lowest BCUT2D eigenvalue weighted by atomic mass is 9.92. The molecule has 0 bridgehead atoms. The van der Waals surface area contributed by atoms with Gasteiger partial charge in [0.25, 0.3) is 0 Å². The molecule has 0 spiro atoms. The first-order valence-electron chi connectivity index (χ1n) is 7.45. The van der Waals surface area contributed by atoms with E-state index in [4.69, 9.17) is 18.9 Å². The van der Waals surface area contributed by atoms with Crippen molar-refractivity contribution in [2.45, 2.75) is 58.2 Å². The molecule has 5 unspecified atom stereocenters. The van der Waals surface area contributed by atoms with E-state index in [1.165, 1.54) is 13.8 Å². The minimum absolute atomic E-state index is 0.323. The Labute approximate surface area is 144 Å². The highest BCUT2D eigenvalue weighted by molar-refractivity contribution is 5.74. The summed E-state index contributed by atoms with van der Waals surface area (Å²) < 4.78 is 20.7. The molecule has 1 N–H and O–H groups in total. The van der Waals surface area contributed by atoms with Gasteiger partial charge in [0, 0.05) is 27.7 Å². The van der Waals surface area contributed by atoms with Crippen molar-refractivity contribution in [1.29, 1.82) is 5.26 Å². The van der Waals surface area contributed by atoms with Crippen LogP contribution in [0.2, 0.25) is 0 Å². The Balaban J connectivity index is 3.21. The van der Waals surface area contributed by atoms with Gasteiger partial charge < -0.3 is 24.3 Å². The highest BCUT2D eigenvalue weighted by Crippen LogP contribution is 2.27. The summed E-state index contributed by atoms with van der Waals surface area (Å²) in [4.78, 5) is 45.4. The minimum Gasteiger partial charge on any atom is -0.463 e. The Bertz CT molecular complexity index is 585. The number of carbonyl (C=O) groups excluding carboxylic acids is 4. The number of amides is 1.